The van der Waals surface area contributed by atoms with E-state index in [4.69, 9.17) is 9.47 Å². The first-order chi connectivity index (χ1) is 13.9. The molecule has 158 valence electrons. The van der Waals surface area contributed by atoms with E-state index in [0.717, 1.165) is 5.56 Å². The second kappa shape index (κ2) is 10.7. The van der Waals surface area contributed by atoms with Gasteiger partial charge in [0.25, 0.3) is 0 Å². The van der Waals surface area contributed by atoms with Crippen LogP contribution in [-0.4, -0.2) is 48.2 Å². The van der Waals surface area contributed by atoms with Crippen molar-refractivity contribution in [3.05, 3.63) is 54.1 Å². The molecular formula is C20H28N4O4S. The third-order valence-electron chi connectivity index (χ3n) is 4.14. The monoisotopic (exact) mass is 420 g/mol. The molecule has 0 amide bonds. The average Bonchev–Trinajstić information content (AvgIpc) is 2.74. The Hall–Kier alpha value is -2.78. The summed E-state index contributed by atoms with van der Waals surface area (Å²) in [6.45, 7) is 2.99. The molecule has 9 heteroatoms. The van der Waals surface area contributed by atoms with Crippen LogP contribution in [0.3, 0.4) is 0 Å². The van der Waals surface area contributed by atoms with E-state index < -0.39 is 10.0 Å². The van der Waals surface area contributed by atoms with Gasteiger partial charge < -0.3 is 20.1 Å². The SMILES string of the molecule is CN=C(NCc1ccc(S(=O)(=O)NC)cc1)NCC(C)Oc1ccccc1OC. The first-order valence-corrected chi connectivity index (χ1v) is 10.6. The molecule has 2 rings (SSSR count). The maximum Gasteiger partial charge on any atom is 0.240 e. The number of nitrogens with one attached hydrogen (secondary N) is 3. The first kappa shape index (κ1) is 22.5. The largest absolute Gasteiger partial charge is 0.493 e. The van der Waals surface area contributed by atoms with Crippen LogP contribution in [0.5, 0.6) is 11.5 Å². The van der Waals surface area contributed by atoms with E-state index in [1.54, 1.807) is 38.4 Å². The third kappa shape index (κ3) is 6.65. The smallest absolute Gasteiger partial charge is 0.240 e. The summed E-state index contributed by atoms with van der Waals surface area (Å²) in [5.41, 5.74) is 0.932. The van der Waals surface area contributed by atoms with Gasteiger partial charge >= 0.3 is 0 Å². The van der Waals surface area contributed by atoms with Gasteiger partial charge in [-0.15, -0.1) is 0 Å². The van der Waals surface area contributed by atoms with Crippen molar-refractivity contribution in [2.24, 2.45) is 4.99 Å². The maximum atomic E-state index is 11.8. The Morgan fingerprint density at radius 1 is 1.07 bits per heavy atom. The number of hydrogen-bond donors (Lipinski definition) is 3. The van der Waals surface area contributed by atoms with Crippen LogP contribution >= 0.6 is 0 Å². The molecule has 1 unspecified atom stereocenters. The zero-order chi connectivity index (χ0) is 21.3. The van der Waals surface area contributed by atoms with Crippen LogP contribution < -0.4 is 24.8 Å². The zero-order valence-corrected chi connectivity index (χ0v) is 17.9. The highest BCUT2D eigenvalue weighted by molar-refractivity contribution is 7.89. The molecule has 0 aromatic heterocycles. The summed E-state index contributed by atoms with van der Waals surface area (Å²) in [6, 6.07) is 14.2. The van der Waals surface area contributed by atoms with E-state index >= 15 is 0 Å². The summed E-state index contributed by atoms with van der Waals surface area (Å²) in [6.07, 6.45) is -0.115. The lowest BCUT2D eigenvalue weighted by molar-refractivity contribution is 0.213. The van der Waals surface area contributed by atoms with Crippen molar-refractivity contribution in [2.75, 3.05) is 27.7 Å². The molecule has 0 radical (unpaired) electrons. The number of guanidine groups is 1. The number of aliphatic imine (C=N–C) groups is 1. The molecule has 3 N–H and O–H groups in total. The summed E-state index contributed by atoms with van der Waals surface area (Å²) in [7, 11) is 1.25. The molecule has 0 fully saturated rings. The van der Waals surface area contributed by atoms with Gasteiger partial charge in [-0.25, -0.2) is 13.1 Å². The van der Waals surface area contributed by atoms with Gasteiger partial charge in [0.1, 0.15) is 6.10 Å². The van der Waals surface area contributed by atoms with Crippen LogP contribution in [0.2, 0.25) is 0 Å². The van der Waals surface area contributed by atoms with Gasteiger partial charge in [0.2, 0.25) is 10.0 Å². The van der Waals surface area contributed by atoms with Gasteiger partial charge in [0, 0.05) is 13.6 Å². The molecule has 0 aliphatic heterocycles. The fraction of sp³-hybridized carbons (Fsp3) is 0.350. The Morgan fingerprint density at radius 3 is 2.31 bits per heavy atom. The molecule has 0 saturated heterocycles. The lowest BCUT2D eigenvalue weighted by atomic mass is 10.2. The number of benzene rings is 2. The van der Waals surface area contributed by atoms with Gasteiger partial charge in [-0.1, -0.05) is 24.3 Å². The first-order valence-electron chi connectivity index (χ1n) is 9.16. The zero-order valence-electron chi connectivity index (χ0n) is 17.1. The normalized spacial score (nSPS) is 12.9. The number of ether oxygens (including phenoxy) is 2. The molecule has 8 nitrogen and oxygen atoms in total. The lowest BCUT2D eigenvalue weighted by Gasteiger charge is -2.19. The Morgan fingerprint density at radius 2 is 1.72 bits per heavy atom. The Labute approximate surface area is 172 Å². The van der Waals surface area contributed by atoms with Gasteiger partial charge in [-0.3, -0.25) is 4.99 Å². The summed E-state index contributed by atoms with van der Waals surface area (Å²) < 4.78 is 37.0. The number of nitrogens with zero attached hydrogens (tertiary/aromatic N) is 1. The highest BCUT2D eigenvalue weighted by atomic mass is 32.2. The van der Waals surface area contributed by atoms with Gasteiger partial charge in [-0.05, 0) is 43.8 Å². The Bertz CT molecular complexity index is 914. The van der Waals surface area contributed by atoms with E-state index in [1.165, 1.54) is 7.05 Å². The van der Waals surface area contributed by atoms with E-state index in [9.17, 15) is 8.42 Å². The second-order valence-corrected chi connectivity index (χ2v) is 8.12. The van der Waals surface area contributed by atoms with Crippen LogP contribution in [0, 0.1) is 0 Å². The molecule has 0 saturated carbocycles. The van der Waals surface area contributed by atoms with E-state index in [1.807, 2.05) is 31.2 Å². The van der Waals surface area contributed by atoms with Crippen molar-refractivity contribution in [2.45, 2.75) is 24.5 Å². The predicted molar refractivity (Wildman–Crippen MR) is 114 cm³/mol. The molecule has 0 spiro atoms. The molecule has 2 aromatic rings. The van der Waals surface area contributed by atoms with E-state index in [0.29, 0.717) is 30.5 Å². The number of methoxy groups -OCH3 is 1. The minimum atomic E-state index is -3.43. The van der Waals surface area contributed by atoms with E-state index in [2.05, 4.69) is 20.3 Å². The fourth-order valence-corrected chi connectivity index (χ4v) is 3.26. The van der Waals surface area contributed by atoms with Crippen molar-refractivity contribution in [3.8, 4) is 11.5 Å². The average molecular weight is 421 g/mol. The Balaban J connectivity index is 1.85. The fourth-order valence-electron chi connectivity index (χ4n) is 2.53. The minimum Gasteiger partial charge on any atom is -0.493 e. The third-order valence-corrected chi connectivity index (χ3v) is 5.57. The summed E-state index contributed by atoms with van der Waals surface area (Å²) in [5.74, 6) is 1.99. The van der Waals surface area contributed by atoms with Crippen molar-refractivity contribution in [1.29, 1.82) is 0 Å². The van der Waals surface area contributed by atoms with Crippen molar-refractivity contribution in [1.82, 2.24) is 15.4 Å². The predicted octanol–water partition coefficient (Wildman–Crippen LogP) is 1.74. The topological polar surface area (TPSA) is 101 Å². The van der Waals surface area contributed by atoms with Gasteiger partial charge in [0.15, 0.2) is 17.5 Å². The molecular weight excluding hydrogens is 392 g/mol. The summed E-state index contributed by atoms with van der Waals surface area (Å²) >= 11 is 0. The van der Waals surface area contributed by atoms with Crippen LogP contribution in [0.15, 0.2) is 58.4 Å². The second-order valence-electron chi connectivity index (χ2n) is 6.24. The van der Waals surface area contributed by atoms with Gasteiger partial charge in [-0.2, -0.15) is 0 Å². The van der Waals surface area contributed by atoms with Crippen LogP contribution in [0.4, 0.5) is 0 Å². The summed E-state index contributed by atoms with van der Waals surface area (Å²) in [4.78, 5) is 4.42. The molecule has 1 atom stereocenters. The molecule has 0 aliphatic rings. The molecule has 0 aliphatic carbocycles. The van der Waals surface area contributed by atoms with Crippen LogP contribution in [0.25, 0.3) is 0 Å². The van der Waals surface area contributed by atoms with Crippen molar-refractivity contribution < 1.29 is 17.9 Å². The van der Waals surface area contributed by atoms with Crippen LogP contribution in [-0.2, 0) is 16.6 Å². The summed E-state index contributed by atoms with van der Waals surface area (Å²) in [5, 5.41) is 6.40. The maximum absolute atomic E-state index is 11.8. The van der Waals surface area contributed by atoms with Crippen LogP contribution in [0.1, 0.15) is 12.5 Å². The molecule has 29 heavy (non-hydrogen) atoms. The standard InChI is InChI=1S/C20H28N4O4S/c1-15(28-19-8-6-5-7-18(19)27-4)13-23-20(21-2)24-14-16-9-11-17(12-10-16)29(25,26)22-3/h5-12,15,22H,13-14H2,1-4H3,(H2,21,23,24). The Kier molecular flexibility index (Phi) is 8.29. The highest BCUT2D eigenvalue weighted by Gasteiger charge is 2.11. The number of hydrogen-bond acceptors (Lipinski definition) is 5. The van der Waals surface area contributed by atoms with Crippen molar-refractivity contribution >= 4 is 16.0 Å². The minimum absolute atomic E-state index is 0.115. The van der Waals surface area contributed by atoms with E-state index in [-0.39, 0.29) is 11.0 Å². The quantitative estimate of drug-likeness (QED) is 0.422. The van der Waals surface area contributed by atoms with Crippen molar-refractivity contribution in [3.63, 3.8) is 0 Å². The molecule has 0 heterocycles. The highest BCUT2D eigenvalue weighted by Crippen LogP contribution is 2.26. The van der Waals surface area contributed by atoms with Gasteiger partial charge in [0.05, 0.1) is 18.6 Å². The molecule has 0 bridgehead atoms. The molecule has 2 aromatic carbocycles. The number of rotatable bonds is 9. The number of sulfonamides is 1. The number of para-hydroxylation sites is 2. The lowest BCUT2D eigenvalue weighted by Crippen LogP contribution is -2.41.